The van der Waals surface area contributed by atoms with Crippen molar-refractivity contribution in [3.63, 3.8) is 0 Å². The number of benzene rings is 1. The third kappa shape index (κ3) is 4.89. The number of rotatable bonds is 7. The van der Waals surface area contributed by atoms with Gasteiger partial charge in [0.1, 0.15) is 11.6 Å². The van der Waals surface area contributed by atoms with Gasteiger partial charge in [-0.25, -0.2) is 0 Å². The Kier molecular flexibility index (Phi) is 5.75. The first kappa shape index (κ1) is 14.4. The fourth-order valence-corrected chi connectivity index (χ4v) is 2.39. The first-order valence-corrected chi connectivity index (χ1v) is 7.79. The third-order valence-corrected chi connectivity index (χ3v) is 3.79. The van der Waals surface area contributed by atoms with Crippen LogP contribution in [0, 0.1) is 0 Å². The Morgan fingerprint density at radius 3 is 2.79 bits per heavy atom. The minimum Gasteiger partial charge on any atom is -0.464 e. The van der Waals surface area contributed by atoms with Gasteiger partial charge in [-0.3, -0.25) is 0 Å². The van der Waals surface area contributed by atoms with Crippen LogP contribution in [0.5, 0.6) is 5.19 Å². The van der Waals surface area contributed by atoms with Gasteiger partial charge in [0.25, 0.3) is 5.19 Å². The lowest BCUT2D eigenvalue weighted by atomic mass is 10.2. The Labute approximate surface area is 125 Å². The molecule has 0 radical (unpaired) electrons. The Balaban J connectivity index is 1.81. The van der Waals surface area contributed by atoms with Crippen LogP contribution < -0.4 is 10.1 Å². The second kappa shape index (κ2) is 7.57. The molecular formula is C13H16BrN3OS. The second-order valence-corrected chi connectivity index (χ2v) is 5.99. The lowest BCUT2D eigenvalue weighted by Crippen LogP contribution is -2.13. The van der Waals surface area contributed by atoms with Gasteiger partial charge in [-0.15, -0.1) is 5.10 Å². The maximum Gasteiger partial charge on any atom is 0.294 e. The molecule has 1 N–H and O–H groups in total. The van der Waals surface area contributed by atoms with E-state index in [1.807, 2.05) is 24.3 Å². The van der Waals surface area contributed by atoms with Gasteiger partial charge in [-0.1, -0.05) is 51.4 Å². The monoisotopic (exact) mass is 341 g/mol. The number of hydrogen-bond donors (Lipinski definition) is 1. The molecule has 0 aliphatic carbocycles. The summed E-state index contributed by atoms with van der Waals surface area (Å²) >= 11 is 4.90. The van der Waals surface area contributed by atoms with Crippen molar-refractivity contribution in [1.29, 1.82) is 0 Å². The zero-order valence-corrected chi connectivity index (χ0v) is 13.1. The van der Waals surface area contributed by atoms with Crippen LogP contribution in [-0.2, 0) is 13.2 Å². The van der Waals surface area contributed by atoms with E-state index in [1.54, 1.807) is 0 Å². The summed E-state index contributed by atoms with van der Waals surface area (Å²) in [6, 6.07) is 8.04. The van der Waals surface area contributed by atoms with Gasteiger partial charge < -0.3 is 10.1 Å². The predicted molar refractivity (Wildman–Crippen MR) is 80.4 cm³/mol. The van der Waals surface area contributed by atoms with Crippen molar-refractivity contribution in [2.75, 3.05) is 6.54 Å². The summed E-state index contributed by atoms with van der Waals surface area (Å²) in [5, 5.41) is 13.0. The van der Waals surface area contributed by atoms with Crippen LogP contribution in [0.25, 0.3) is 0 Å². The molecule has 0 fully saturated rings. The summed E-state index contributed by atoms with van der Waals surface area (Å²) in [6.07, 6.45) is 1.12. The Bertz CT molecular complexity index is 501. The van der Waals surface area contributed by atoms with Crippen molar-refractivity contribution in [2.24, 2.45) is 0 Å². The average Bonchev–Trinajstić information content (AvgIpc) is 2.86. The molecule has 0 spiro atoms. The summed E-state index contributed by atoms with van der Waals surface area (Å²) in [6.45, 7) is 4.41. The zero-order chi connectivity index (χ0) is 13.5. The third-order valence-electron chi connectivity index (χ3n) is 2.43. The van der Waals surface area contributed by atoms with Crippen LogP contribution in [0.1, 0.15) is 23.9 Å². The number of ether oxygens (including phenoxy) is 1. The van der Waals surface area contributed by atoms with Crippen molar-refractivity contribution >= 4 is 27.3 Å². The molecule has 19 heavy (non-hydrogen) atoms. The molecular weight excluding hydrogens is 326 g/mol. The molecule has 102 valence electrons. The van der Waals surface area contributed by atoms with Crippen LogP contribution >= 0.6 is 27.3 Å². The number of aromatic nitrogens is 2. The first-order valence-electron chi connectivity index (χ1n) is 6.18. The molecule has 0 saturated carbocycles. The van der Waals surface area contributed by atoms with Crippen LogP contribution in [0.4, 0.5) is 0 Å². The van der Waals surface area contributed by atoms with E-state index in [0.29, 0.717) is 11.8 Å². The number of halogens is 1. The molecule has 2 rings (SSSR count). The van der Waals surface area contributed by atoms with Gasteiger partial charge in [0.2, 0.25) is 0 Å². The van der Waals surface area contributed by atoms with Crippen LogP contribution in [-0.4, -0.2) is 16.7 Å². The van der Waals surface area contributed by atoms with Gasteiger partial charge in [-0.2, -0.15) is 0 Å². The minimum atomic E-state index is 0.518. The lowest BCUT2D eigenvalue weighted by molar-refractivity contribution is 0.302. The van der Waals surface area contributed by atoms with Crippen LogP contribution in [0.2, 0.25) is 0 Å². The van der Waals surface area contributed by atoms with E-state index >= 15 is 0 Å². The summed E-state index contributed by atoms with van der Waals surface area (Å²) in [4.78, 5) is 0. The van der Waals surface area contributed by atoms with E-state index in [-0.39, 0.29) is 0 Å². The quantitative estimate of drug-likeness (QED) is 0.784. The lowest BCUT2D eigenvalue weighted by Gasteiger charge is -2.01. The average molecular weight is 342 g/mol. The fraction of sp³-hybridized carbons (Fsp3) is 0.385. The van der Waals surface area contributed by atoms with Gasteiger partial charge in [0.05, 0.1) is 0 Å². The molecule has 1 aromatic carbocycles. The second-order valence-electron chi connectivity index (χ2n) is 4.05. The molecule has 0 bridgehead atoms. The van der Waals surface area contributed by atoms with Crippen molar-refractivity contribution in [3.8, 4) is 5.19 Å². The molecule has 4 nitrogen and oxygen atoms in total. The highest BCUT2D eigenvalue weighted by Gasteiger charge is 2.05. The van der Waals surface area contributed by atoms with Crippen LogP contribution in [0.3, 0.4) is 0 Å². The highest BCUT2D eigenvalue weighted by atomic mass is 79.9. The van der Waals surface area contributed by atoms with Crippen molar-refractivity contribution in [1.82, 2.24) is 15.5 Å². The molecule has 1 heterocycles. The molecule has 0 aliphatic heterocycles. The molecule has 2 aromatic rings. The van der Waals surface area contributed by atoms with E-state index in [2.05, 4.69) is 38.4 Å². The highest BCUT2D eigenvalue weighted by molar-refractivity contribution is 9.10. The molecule has 0 atom stereocenters. The molecule has 6 heteroatoms. The Morgan fingerprint density at radius 2 is 2.05 bits per heavy atom. The Morgan fingerprint density at radius 1 is 1.26 bits per heavy atom. The highest BCUT2D eigenvalue weighted by Crippen LogP contribution is 2.19. The first-order chi connectivity index (χ1) is 9.28. The van der Waals surface area contributed by atoms with Crippen molar-refractivity contribution in [3.05, 3.63) is 39.3 Å². The van der Waals surface area contributed by atoms with Gasteiger partial charge >= 0.3 is 0 Å². The molecule has 0 unspecified atom stereocenters. The van der Waals surface area contributed by atoms with E-state index in [1.165, 1.54) is 11.3 Å². The molecule has 0 amide bonds. The smallest absolute Gasteiger partial charge is 0.294 e. The van der Waals surface area contributed by atoms with Crippen molar-refractivity contribution < 1.29 is 4.74 Å². The summed E-state index contributed by atoms with van der Waals surface area (Å²) in [7, 11) is 0. The zero-order valence-electron chi connectivity index (χ0n) is 10.7. The van der Waals surface area contributed by atoms with Crippen molar-refractivity contribution in [2.45, 2.75) is 26.5 Å². The number of hydrogen-bond acceptors (Lipinski definition) is 5. The maximum absolute atomic E-state index is 5.62. The SMILES string of the molecule is CCCNCc1nnc(OCc2ccc(Br)cc2)s1. The largest absolute Gasteiger partial charge is 0.464 e. The fourth-order valence-electron chi connectivity index (χ4n) is 1.47. The summed E-state index contributed by atoms with van der Waals surface area (Å²) in [5.41, 5.74) is 1.11. The van der Waals surface area contributed by atoms with E-state index in [9.17, 15) is 0 Å². The predicted octanol–water partition coefficient (Wildman–Crippen LogP) is 3.38. The summed E-state index contributed by atoms with van der Waals surface area (Å²) < 4.78 is 6.69. The number of nitrogens with one attached hydrogen (secondary N) is 1. The van der Waals surface area contributed by atoms with Gasteiger partial charge in [-0.05, 0) is 30.7 Å². The van der Waals surface area contributed by atoms with E-state index in [0.717, 1.165) is 34.6 Å². The molecule has 1 aromatic heterocycles. The van der Waals surface area contributed by atoms with E-state index < -0.39 is 0 Å². The number of nitrogens with zero attached hydrogens (tertiary/aromatic N) is 2. The normalized spacial score (nSPS) is 10.6. The molecule has 0 saturated heterocycles. The minimum absolute atomic E-state index is 0.518. The van der Waals surface area contributed by atoms with Gasteiger partial charge in [0.15, 0.2) is 0 Å². The summed E-state index contributed by atoms with van der Waals surface area (Å²) in [5.74, 6) is 0. The maximum atomic E-state index is 5.62. The van der Waals surface area contributed by atoms with Gasteiger partial charge in [0, 0.05) is 11.0 Å². The topological polar surface area (TPSA) is 47.0 Å². The standard InChI is InChI=1S/C13H16BrN3OS/c1-2-7-15-8-12-16-17-13(19-12)18-9-10-3-5-11(14)6-4-10/h3-6,15H,2,7-9H2,1H3. The molecule has 0 aliphatic rings. The Hall–Kier alpha value is -0.980. The van der Waals surface area contributed by atoms with Crippen LogP contribution in [0.15, 0.2) is 28.7 Å². The van der Waals surface area contributed by atoms with E-state index in [4.69, 9.17) is 4.74 Å².